The molecule has 0 spiro atoms. The van der Waals surface area contributed by atoms with Gasteiger partial charge in [-0.3, -0.25) is 4.79 Å². The highest BCUT2D eigenvalue weighted by Gasteiger charge is 2.07. The Kier molecular flexibility index (Phi) is 4.42. The molecule has 0 fully saturated rings. The Balaban J connectivity index is 1.46. The van der Waals surface area contributed by atoms with Gasteiger partial charge in [0.05, 0.1) is 6.42 Å². The van der Waals surface area contributed by atoms with Crippen molar-refractivity contribution in [3.8, 4) is 11.3 Å². The summed E-state index contributed by atoms with van der Waals surface area (Å²) in [5.41, 5.74) is 4.09. The predicted molar refractivity (Wildman–Crippen MR) is 102 cm³/mol. The molecule has 134 valence electrons. The van der Waals surface area contributed by atoms with Crippen molar-refractivity contribution in [3.63, 3.8) is 0 Å². The number of halogens is 2. The Morgan fingerprint density at radius 2 is 1.56 bits per heavy atom. The fourth-order valence-corrected chi connectivity index (χ4v) is 2.98. The average molecular weight is 362 g/mol. The Labute approximate surface area is 154 Å². The molecule has 0 aliphatic rings. The molecule has 0 aliphatic heterocycles. The van der Waals surface area contributed by atoms with Gasteiger partial charge in [-0.2, -0.15) is 0 Å². The SMILES string of the molecule is O=C(Cc1ccc(F)cc1)Nc1ccc(-c2cc3cc(F)ccc3[nH]2)cc1. The summed E-state index contributed by atoms with van der Waals surface area (Å²) >= 11 is 0. The lowest BCUT2D eigenvalue weighted by Crippen LogP contribution is -2.14. The number of carbonyl (C=O) groups is 1. The van der Waals surface area contributed by atoms with Gasteiger partial charge in [0, 0.05) is 22.3 Å². The number of amides is 1. The van der Waals surface area contributed by atoms with Crippen molar-refractivity contribution in [2.75, 3.05) is 5.32 Å². The molecule has 0 radical (unpaired) electrons. The number of anilines is 1. The minimum atomic E-state index is -0.325. The van der Waals surface area contributed by atoms with Gasteiger partial charge in [0.2, 0.25) is 5.91 Å². The summed E-state index contributed by atoms with van der Waals surface area (Å²) < 4.78 is 26.2. The Bertz CT molecular complexity index is 1100. The number of fused-ring (bicyclic) bond motifs is 1. The van der Waals surface area contributed by atoms with Crippen molar-refractivity contribution < 1.29 is 13.6 Å². The molecule has 0 saturated heterocycles. The van der Waals surface area contributed by atoms with Crippen LogP contribution in [0.25, 0.3) is 22.2 Å². The predicted octanol–water partition coefficient (Wildman–Crippen LogP) is 5.29. The molecule has 3 nitrogen and oxygen atoms in total. The minimum Gasteiger partial charge on any atom is -0.355 e. The van der Waals surface area contributed by atoms with Crippen LogP contribution in [0, 0.1) is 11.6 Å². The van der Waals surface area contributed by atoms with Crippen LogP contribution in [0.3, 0.4) is 0 Å². The summed E-state index contributed by atoms with van der Waals surface area (Å²) in [7, 11) is 0. The Morgan fingerprint density at radius 3 is 2.30 bits per heavy atom. The monoisotopic (exact) mass is 362 g/mol. The van der Waals surface area contributed by atoms with E-state index in [4.69, 9.17) is 0 Å². The third kappa shape index (κ3) is 3.87. The molecule has 1 amide bonds. The molecule has 3 aromatic carbocycles. The summed E-state index contributed by atoms with van der Waals surface area (Å²) in [5.74, 6) is -0.767. The fourth-order valence-electron chi connectivity index (χ4n) is 2.98. The van der Waals surface area contributed by atoms with Crippen molar-refractivity contribution in [1.82, 2.24) is 4.98 Å². The van der Waals surface area contributed by atoms with Crippen LogP contribution >= 0.6 is 0 Å². The second-order valence-corrected chi connectivity index (χ2v) is 6.34. The van der Waals surface area contributed by atoms with E-state index in [1.165, 1.54) is 24.3 Å². The zero-order valence-corrected chi connectivity index (χ0v) is 14.3. The number of rotatable bonds is 4. The largest absolute Gasteiger partial charge is 0.355 e. The van der Waals surface area contributed by atoms with E-state index in [2.05, 4.69) is 10.3 Å². The van der Waals surface area contributed by atoms with E-state index in [-0.39, 0.29) is 24.0 Å². The molecule has 4 aromatic rings. The zero-order valence-electron chi connectivity index (χ0n) is 14.3. The van der Waals surface area contributed by atoms with Crippen LogP contribution < -0.4 is 5.32 Å². The van der Waals surface area contributed by atoms with Gasteiger partial charge in [-0.15, -0.1) is 0 Å². The van der Waals surface area contributed by atoms with Gasteiger partial charge >= 0.3 is 0 Å². The van der Waals surface area contributed by atoms with Gasteiger partial charge in [-0.1, -0.05) is 24.3 Å². The molecule has 0 saturated carbocycles. The topological polar surface area (TPSA) is 44.9 Å². The molecule has 0 atom stereocenters. The van der Waals surface area contributed by atoms with Crippen molar-refractivity contribution in [2.45, 2.75) is 6.42 Å². The molecule has 5 heteroatoms. The maximum atomic E-state index is 13.3. The second kappa shape index (κ2) is 7.03. The summed E-state index contributed by atoms with van der Waals surface area (Å²) in [5, 5.41) is 3.63. The van der Waals surface area contributed by atoms with Crippen LogP contribution in [0.5, 0.6) is 0 Å². The van der Waals surface area contributed by atoms with Gasteiger partial charge in [0.1, 0.15) is 11.6 Å². The maximum Gasteiger partial charge on any atom is 0.228 e. The van der Waals surface area contributed by atoms with Gasteiger partial charge in [0.15, 0.2) is 0 Å². The van der Waals surface area contributed by atoms with Gasteiger partial charge < -0.3 is 10.3 Å². The first kappa shape index (κ1) is 17.0. The fraction of sp³-hybridized carbons (Fsp3) is 0.0455. The molecular weight excluding hydrogens is 346 g/mol. The van der Waals surface area contributed by atoms with Crippen LogP contribution in [0.2, 0.25) is 0 Å². The quantitative estimate of drug-likeness (QED) is 0.509. The lowest BCUT2D eigenvalue weighted by molar-refractivity contribution is -0.115. The summed E-state index contributed by atoms with van der Waals surface area (Å²) in [6.07, 6.45) is 0.176. The molecule has 1 heterocycles. The smallest absolute Gasteiger partial charge is 0.228 e. The minimum absolute atomic E-state index is 0.171. The number of aromatic amines is 1. The Morgan fingerprint density at radius 1 is 0.852 bits per heavy atom. The first-order chi connectivity index (χ1) is 13.1. The van der Waals surface area contributed by atoms with Crippen LogP contribution in [-0.4, -0.2) is 10.9 Å². The number of benzene rings is 3. The number of hydrogen-bond acceptors (Lipinski definition) is 1. The highest BCUT2D eigenvalue weighted by molar-refractivity contribution is 5.92. The van der Waals surface area contributed by atoms with E-state index in [1.807, 2.05) is 30.3 Å². The molecule has 0 bridgehead atoms. The van der Waals surface area contributed by atoms with E-state index in [9.17, 15) is 13.6 Å². The molecular formula is C22H16F2N2O. The first-order valence-corrected chi connectivity index (χ1v) is 8.50. The molecule has 2 N–H and O–H groups in total. The molecule has 4 rings (SSSR count). The van der Waals surface area contributed by atoms with Gasteiger partial charge in [-0.25, -0.2) is 8.78 Å². The normalized spacial score (nSPS) is 10.9. The summed E-state index contributed by atoms with van der Waals surface area (Å²) in [6, 6.07) is 19.7. The second-order valence-electron chi connectivity index (χ2n) is 6.34. The van der Waals surface area contributed by atoms with Crippen LogP contribution in [0.15, 0.2) is 72.8 Å². The van der Waals surface area contributed by atoms with E-state index < -0.39 is 0 Å². The van der Waals surface area contributed by atoms with Crippen molar-refractivity contribution in [3.05, 3.63) is 90.0 Å². The standard InChI is InChI=1S/C22H16F2N2O/c23-17-5-1-14(2-6-17)11-22(27)25-19-8-3-15(4-9-19)21-13-16-12-18(24)7-10-20(16)26-21/h1-10,12-13,26H,11H2,(H,25,27). The summed E-state index contributed by atoms with van der Waals surface area (Å²) in [4.78, 5) is 15.4. The van der Waals surface area contributed by atoms with Crippen molar-refractivity contribution in [1.29, 1.82) is 0 Å². The lowest BCUT2D eigenvalue weighted by Gasteiger charge is -2.06. The number of nitrogens with one attached hydrogen (secondary N) is 2. The van der Waals surface area contributed by atoms with Gasteiger partial charge in [0.25, 0.3) is 0 Å². The number of aromatic nitrogens is 1. The molecule has 27 heavy (non-hydrogen) atoms. The number of hydrogen-bond donors (Lipinski definition) is 2. The van der Waals surface area contributed by atoms with E-state index >= 15 is 0 Å². The van der Waals surface area contributed by atoms with Gasteiger partial charge in [-0.05, 0) is 59.7 Å². The number of carbonyl (C=O) groups excluding carboxylic acids is 1. The third-order valence-corrected chi connectivity index (χ3v) is 4.34. The highest BCUT2D eigenvalue weighted by Crippen LogP contribution is 2.25. The highest BCUT2D eigenvalue weighted by atomic mass is 19.1. The Hall–Kier alpha value is -3.47. The summed E-state index contributed by atoms with van der Waals surface area (Å²) in [6.45, 7) is 0. The lowest BCUT2D eigenvalue weighted by atomic mass is 10.1. The van der Waals surface area contributed by atoms with Crippen LogP contribution in [0.1, 0.15) is 5.56 Å². The van der Waals surface area contributed by atoms with Crippen molar-refractivity contribution >= 4 is 22.5 Å². The van der Waals surface area contributed by atoms with Crippen LogP contribution in [0.4, 0.5) is 14.5 Å². The van der Waals surface area contributed by atoms with E-state index in [1.54, 1.807) is 18.2 Å². The number of H-pyrrole nitrogens is 1. The molecule has 1 aromatic heterocycles. The maximum absolute atomic E-state index is 13.3. The van der Waals surface area contributed by atoms with E-state index in [0.29, 0.717) is 5.69 Å². The zero-order chi connectivity index (χ0) is 18.8. The van der Waals surface area contributed by atoms with Crippen molar-refractivity contribution in [2.24, 2.45) is 0 Å². The third-order valence-electron chi connectivity index (χ3n) is 4.34. The van der Waals surface area contributed by atoms with Crippen LogP contribution in [-0.2, 0) is 11.2 Å². The van der Waals surface area contributed by atoms with E-state index in [0.717, 1.165) is 27.7 Å². The first-order valence-electron chi connectivity index (χ1n) is 8.50. The molecule has 0 unspecified atom stereocenters. The average Bonchev–Trinajstić information content (AvgIpc) is 3.07. The molecule has 0 aliphatic carbocycles.